The first-order valence-corrected chi connectivity index (χ1v) is 10.6. The molecule has 0 bridgehead atoms. The number of rotatable bonds is 7. The summed E-state index contributed by atoms with van der Waals surface area (Å²) in [6.45, 7) is 6.40. The molecule has 0 saturated carbocycles. The van der Waals surface area contributed by atoms with Gasteiger partial charge in [-0.3, -0.25) is 4.84 Å². The van der Waals surface area contributed by atoms with E-state index in [1.165, 1.54) is 26.0 Å². The molecule has 0 aliphatic carbocycles. The molecule has 2 heterocycles. The van der Waals surface area contributed by atoms with Crippen LogP contribution in [-0.2, 0) is 14.9 Å². The van der Waals surface area contributed by atoms with Crippen LogP contribution in [0, 0.1) is 13.8 Å². The van der Waals surface area contributed by atoms with E-state index in [2.05, 4.69) is 9.97 Å². The van der Waals surface area contributed by atoms with Crippen LogP contribution in [-0.4, -0.2) is 35.7 Å². The van der Waals surface area contributed by atoms with E-state index in [1.54, 1.807) is 31.5 Å². The lowest BCUT2D eigenvalue weighted by Gasteiger charge is -2.17. The fourth-order valence-corrected chi connectivity index (χ4v) is 3.55. The standard InChI is InChI=1S/C20H24N4O5S.ClH/c1-12-5-6-15(30(26,27)24-28-11-20(3,4)25)8-16(12)14-7-17(19(21)23-9-14)18-10-22-13(2)29-18;/h5-10,24-25H,11H2,1-4H3,(H2,21,23);1H. The molecular formula is C20H25ClN4O5S. The molecule has 0 unspecified atom stereocenters. The summed E-state index contributed by atoms with van der Waals surface area (Å²) in [5.74, 6) is 1.25. The molecule has 168 valence electrons. The highest BCUT2D eigenvalue weighted by atomic mass is 35.5. The van der Waals surface area contributed by atoms with Gasteiger partial charge in [-0.2, -0.15) is 0 Å². The highest BCUT2D eigenvalue weighted by Crippen LogP contribution is 2.32. The number of benzene rings is 1. The molecule has 3 rings (SSSR count). The van der Waals surface area contributed by atoms with Crippen LogP contribution in [0.3, 0.4) is 0 Å². The number of nitrogens with one attached hydrogen (secondary N) is 1. The molecule has 31 heavy (non-hydrogen) atoms. The number of anilines is 1. The SMILES string of the molecule is Cc1ncc(-c2cc(-c3cc(S(=O)(=O)NOCC(C)(C)O)ccc3C)cnc2N)o1.Cl. The van der Waals surface area contributed by atoms with Gasteiger partial charge in [0.2, 0.25) is 0 Å². The number of aliphatic hydroxyl groups is 1. The monoisotopic (exact) mass is 468 g/mol. The van der Waals surface area contributed by atoms with E-state index in [4.69, 9.17) is 15.0 Å². The molecule has 1 aromatic carbocycles. The maximum atomic E-state index is 12.6. The number of sulfonamides is 1. The molecule has 0 fully saturated rings. The Morgan fingerprint density at radius 2 is 1.87 bits per heavy atom. The molecular weight excluding hydrogens is 444 g/mol. The van der Waals surface area contributed by atoms with Crippen molar-refractivity contribution in [1.82, 2.24) is 14.9 Å². The Labute approximate surface area is 187 Å². The van der Waals surface area contributed by atoms with Crippen molar-refractivity contribution in [2.24, 2.45) is 0 Å². The summed E-state index contributed by atoms with van der Waals surface area (Å²) in [5, 5.41) is 9.67. The van der Waals surface area contributed by atoms with E-state index >= 15 is 0 Å². The number of nitrogens with zero attached hydrogens (tertiary/aromatic N) is 2. The Morgan fingerprint density at radius 1 is 1.16 bits per heavy atom. The Balaban J connectivity index is 0.00000341. The Bertz CT molecular complexity index is 1170. The Morgan fingerprint density at radius 3 is 2.48 bits per heavy atom. The van der Waals surface area contributed by atoms with E-state index < -0.39 is 15.6 Å². The van der Waals surface area contributed by atoms with Crippen molar-refractivity contribution in [3.63, 3.8) is 0 Å². The third kappa shape index (κ3) is 6.02. The normalized spacial score (nSPS) is 11.9. The average molecular weight is 469 g/mol. The van der Waals surface area contributed by atoms with Crippen LogP contribution in [0.5, 0.6) is 0 Å². The lowest BCUT2D eigenvalue weighted by atomic mass is 10.0. The fourth-order valence-electron chi connectivity index (χ4n) is 2.72. The minimum absolute atomic E-state index is 0. The van der Waals surface area contributed by atoms with Gasteiger partial charge in [0, 0.05) is 18.7 Å². The number of oxazole rings is 1. The number of hydrogen-bond donors (Lipinski definition) is 3. The van der Waals surface area contributed by atoms with Crippen LogP contribution in [0.25, 0.3) is 22.5 Å². The van der Waals surface area contributed by atoms with Gasteiger partial charge in [-0.25, -0.2) is 18.4 Å². The van der Waals surface area contributed by atoms with Crippen LogP contribution in [0.15, 0.2) is 46.0 Å². The van der Waals surface area contributed by atoms with Crippen molar-refractivity contribution in [1.29, 1.82) is 0 Å². The molecule has 0 aliphatic heterocycles. The van der Waals surface area contributed by atoms with Crippen LogP contribution >= 0.6 is 12.4 Å². The van der Waals surface area contributed by atoms with Crippen molar-refractivity contribution in [2.75, 3.05) is 12.3 Å². The summed E-state index contributed by atoms with van der Waals surface area (Å²) in [4.78, 5) is 15.3. The quantitative estimate of drug-likeness (QED) is 0.449. The second-order valence-electron chi connectivity index (χ2n) is 7.56. The average Bonchev–Trinajstić information content (AvgIpc) is 3.07. The molecule has 0 amide bonds. The lowest BCUT2D eigenvalue weighted by Crippen LogP contribution is -2.33. The summed E-state index contributed by atoms with van der Waals surface area (Å²) >= 11 is 0. The van der Waals surface area contributed by atoms with Crippen molar-refractivity contribution < 1.29 is 22.8 Å². The van der Waals surface area contributed by atoms with E-state index in [-0.39, 0.29) is 29.7 Å². The summed E-state index contributed by atoms with van der Waals surface area (Å²) < 4.78 is 30.7. The molecule has 0 aliphatic rings. The van der Waals surface area contributed by atoms with Crippen molar-refractivity contribution in [3.8, 4) is 22.5 Å². The zero-order valence-corrected chi connectivity index (χ0v) is 19.2. The van der Waals surface area contributed by atoms with Gasteiger partial charge >= 0.3 is 0 Å². The summed E-state index contributed by atoms with van der Waals surface area (Å²) in [5.41, 5.74) is 7.55. The third-order valence-electron chi connectivity index (χ3n) is 4.23. The molecule has 0 spiro atoms. The van der Waals surface area contributed by atoms with Crippen LogP contribution in [0.1, 0.15) is 25.3 Å². The molecule has 2 aromatic heterocycles. The maximum absolute atomic E-state index is 12.6. The van der Waals surface area contributed by atoms with Crippen molar-refractivity contribution in [2.45, 2.75) is 38.2 Å². The van der Waals surface area contributed by atoms with Gasteiger partial charge in [-0.05, 0) is 50.1 Å². The van der Waals surface area contributed by atoms with E-state index in [1.807, 2.05) is 11.8 Å². The van der Waals surface area contributed by atoms with Crippen LogP contribution in [0.4, 0.5) is 5.82 Å². The van der Waals surface area contributed by atoms with Crippen LogP contribution in [0.2, 0.25) is 0 Å². The number of nitrogens with two attached hydrogens (primary N) is 1. The molecule has 0 radical (unpaired) electrons. The van der Waals surface area contributed by atoms with Gasteiger partial charge in [0.1, 0.15) is 5.82 Å². The van der Waals surface area contributed by atoms with Crippen molar-refractivity contribution in [3.05, 3.63) is 48.1 Å². The first-order chi connectivity index (χ1) is 14.0. The van der Waals surface area contributed by atoms with Crippen LogP contribution < -0.4 is 10.6 Å². The molecule has 0 atom stereocenters. The Hall–Kier alpha value is -2.50. The largest absolute Gasteiger partial charge is 0.441 e. The van der Waals surface area contributed by atoms with Gasteiger partial charge in [0.15, 0.2) is 11.7 Å². The highest BCUT2D eigenvalue weighted by molar-refractivity contribution is 7.89. The van der Waals surface area contributed by atoms with Gasteiger partial charge in [-0.15, -0.1) is 12.4 Å². The number of hydrogen-bond acceptors (Lipinski definition) is 8. The molecule has 4 N–H and O–H groups in total. The lowest BCUT2D eigenvalue weighted by molar-refractivity contribution is -0.0380. The van der Waals surface area contributed by atoms with E-state index in [0.29, 0.717) is 28.3 Å². The van der Waals surface area contributed by atoms with Crippen molar-refractivity contribution >= 4 is 28.2 Å². The molecule has 0 saturated heterocycles. The van der Waals surface area contributed by atoms with E-state index in [0.717, 1.165) is 5.56 Å². The van der Waals surface area contributed by atoms with Gasteiger partial charge in [0.25, 0.3) is 10.0 Å². The predicted octanol–water partition coefficient (Wildman–Crippen LogP) is 3.01. The van der Waals surface area contributed by atoms with E-state index in [9.17, 15) is 13.5 Å². The maximum Gasteiger partial charge on any atom is 0.262 e. The Kier molecular flexibility index (Phi) is 7.45. The molecule has 9 nitrogen and oxygen atoms in total. The number of nitrogen functional groups attached to an aromatic ring is 1. The molecule has 3 aromatic rings. The zero-order valence-electron chi connectivity index (χ0n) is 17.5. The second kappa shape index (κ2) is 9.33. The predicted molar refractivity (Wildman–Crippen MR) is 119 cm³/mol. The minimum Gasteiger partial charge on any atom is -0.441 e. The summed E-state index contributed by atoms with van der Waals surface area (Å²) in [6.07, 6.45) is 3.13. The summed E-state index contributed by atoms with van der Waals surface area (Å²) in [6, 6.07) is 6.46. The topological polar surface area (TPSA) is 141 Å². The third-order valence-corrected chi connectivity index (χ3v) is 5.44. The summed E-state index contributed by atoms with van der Waals surface area (Å²) in [7, 11) is -3.95. The number of aromatic nitrogens is 2. The zero-order chi connectivity index (χ0) is 22.1. The number of halogens is 1. The smallest absolute Gasteiger partial charge is 0.262 e. The van der Waals surface area contributed by atoms with Gasteiger partial charge in [0.05, 0.1) is 28.9 Å². The highest BCUT2D eigenvalue weighted by Gasteiger charge is 2.20. The second-order valence-corrected chi connectivity index (χ2v) is 9.21. The first-order valence-electron chi connectivity index (χ1n) is 9.11. The first kappa shape index (κ1) is 24.8. The minimum atomic E-state index is -3.95. The molecule has 11 heteroatoms. The number of aryl methyl sites for hydroxylation is 2. The fraction of sp³-hybridized carbons (Fsp3) is 0.300. The number of pyridine rings is 1. The van der Waals surface area contributed by atoms with Gasteiger partial charge < -0.3 is 15.3 Å². The van der Waals surface area contributed by atoms with Gasteiger partial charge in [-0.1, -0.05) is 11.0 Å².